The summed E-state index contributed by atoms with van der Waals surface area (Å²) in [7, 11) is 0. The Morgan fingerprint density at radius 1 is 1.33 bits per heavy atom. The largest absolute Gasteiger partial charge is 0.359 e. The Bertz CT molecular complexity index is 81.6. The lowest BCUT2D eigenvalue weighted by atomic mass is 10.4. The van der Waals surface area contributed by atoms with E-state index in [2.05, 4.69) is 23.0 Å². The molecule has 2 nitrogen and oxygen atoms in total. The standard InChI is InChI=1S/C4H9N.C3H5N/c1-2-4-5-3-1;1-2-3-4/h5H,1-4H2;4H2,1H3. The van der Waals surface area contributed by atoms with Gasteiger partial charge < -0.3 is 11.1 Å². The van der Waals surface area contributed by atoms with E-state index in [0.29, 0.717) is 0 Å². The topological polar surface area (TPSA) is 38.0 Å². The summed E-state index contributed by atoms with van der Waals surface area (Å²) in [5.74, 6) is 2.46. The Morgan fingerprint density at radius 2 is 1.78 bits per heavy atom. The van der Waals surface area contributed by atoms with Gasteiger partial charge in [0.2, 0.25) is 0 Å². The van der Waals surface area contributed by atoms with Crippen molar-refractivity contribution in [3.8, 4) is 12.0 Å². The highest BCUT2D eigenvalue weighted by atomic mass is 14.9. The van der Waals surface area contributed by atoms with E-state index >= 15 is 0 Å². The Balaban J connectivity index is 0.000000148. The average molecular weight is 126 g/mol. The Labute approximate surface area is 56.8 Å². The van der Waals surface area contributed by atoms with Gasteiger partial charge in [0.05, 0.1) is 0 Å². The van der Waals surface area contributed by atoms with Crippen LogP contribution in [0.15, 0.2) is 0 Å². The Hall–Kier alpha value is -0.680. The highest BCUT2D eigenvalue weighted by Gasteiger charge is 1.93. The second-order valence-electron chi connectivity index (χ2n) is 1.85. The Morgan fingerprint density at radius 3 is 1.89 bits per heavy atom. The third-order valence-corrected chi connectivity index (χ3v) is 1.10. The van der Waals surface area contributed by atoms with Crippen molar-refractivity contribution in [1.82, 2.24) is 5.32 Å². The maximum Gasteiger partial charge on any atom is 0.00118 e. The molecule has 0 amide bonds. The maximum absolute atomic E-state index is 4.67. The number of hydrogen-bond donors (Lipinski definition) is 2. The first kappa shape index (κ1) is 8.32. The molecule has 3 N–H and O–H groups in total. The van der Waals surface area contributed by atoms with Crippen molar-refractivity contribution in [2.75, 3.05) is 13.1 Å². The third kappa shape index (κ3) is 7.32. The van der Waals surface area contributed by atoms with Crippen molar-refractivity contribution >= 4 is 0 Å². The van der Waals surface area contributed by atoms with E-state index in [0.717, 1.165) is 0 Å². The van der Waals surface area contributed by atoms with E-state index in [1.54, 1.807) is 6.92 Å². The minimum atomic E-state index is 1.25. The fourth-order valence-electron chi connectivity index (χ4n) is 0.625. The number of nitrogens with one attached hydrogen (secondary N) is 1. The summed E-state index contributed by atoms with van der Waals surface area (Å²) in [6.45, 7) is 4.19. The normalized spacial score (nSPS) is 14.8. The molecule has 0 spiro atoms. The molecule has 0 radical (unpaired) electrons. The first-order valence-electron chi connectivity index (χ1n) is 3.25. The van der Waals surface area contributed by atoms with Gasteiger partial charge in [-0.15, -0.1) is 0 Å². The van der Waals surface area contributed by atoms with E-state index in [9.17, 15) is 0 Å². The highest BCUT2D eigenvalue weighted by molar-refractivity contribution is 4.87. The molecule has 1 fully saturated rings. The molecule has 0 aromatic rings. The summed E-state index contributed by atoms with van der Waals surface area (Å²) in [6, 6.07) is 2.18. The zero-order valence-electron chi connectivity index (χ0n) is 5.91. The predicted molar refractivity (Wildman–Crippen MR) is 39.7 cm³/mol. The maximum atomic E-state index is 4.67. The number of hydrogen-bond acceptors (Lipinski definition) is 2. The van der Waals surface area contributed by atoms with Crippen LogP contribution >= 0.6 is 0 Å². The van der Waals surface area contributed by atoms with E-state index in [1.807, 2.05) is 0 Å². The van der Waals surface area contributed by atoms with Crippen LogP contribution in [-0.2, 0) is 0 Å². The van der Waals surface area contributed by atoms with Gasteiger partial charge >= 0.3 is 0 Å². The van der Waals surface area contributed by atoms with Gasteiger partial charge in [0.25, 0.3) is 0 Å². The van der Waals surface area contributed by atoms with Gasteiger partial charge in [-0.3, -0.25) is 0 Å². The van der Waals surface area contributed by atoms with Crippen molar-refractivity contribution < 1.29 is 0 Å². The smallest absolute Gasteiger partial charge is 0.00118 e. The zero-order valence-corrected chi connectivity index (χ0v) is 5.91. The van der Waals surface area contributed by atoms with Crippen LogP contribution in [-0.4, -0.2) is 13.1 Å². The molecule has 9 heavy (non-hydrogen) atoms. The lowest BCUT2D eigenvalue weighted by Crippen LogP contribution is -2.03. The lowest BCUT2D eigenvalue weighted by Gasteiger charge is -1.76. The summed E-state index contributed by atoms with van der Waals surface area (Å²) < 4.78 is 0. The molecule has 0 atom stereocenters. The van der Waals surface area contributed by atoms with Crippen LogP contribution < -0.4 is 11.1 Å². The monoisotopic (exact) mass is 126 g/mol. The van der Waals surface area contributed by atoms with E-state index < -0.39 is 0 Å². The Kier molecular flexibility index (Phi) is 6.77. The van der Waals surface area contributed by atoms with Crippen LogP contribution in [0.1, 0.15) is 19.8 Å². The molecule has 0 aliphatic carbocycles. The van der Waals surface area contributed by atoms with Gasteiger partial charge in [0.15, 0.2) is 0 Å². The molecular weight excluding hydrogens is 112 g/mol. The summed E-state index contributed by atoms with van der Waals surface area (Å²) in [6.07, 6.45) is 2.78. The molecule has 52 valence electrons. The molecule has 0 bridgehead atoms. The lowest BCUT2D eigenvalue weighted by molar-refractivity contribution is 0.857. The van der Waals surface area contributed by atoms with Gasteiger partial charge in [-0.2, -0.15) is 0 Å². The van der Waals surface area contributed by atoms with Crippen LogP contribution in [0.3, 0.4) is 0 Å². The summed E-state index contributed by atoms with van der Waals surface area (Å²) in [5, 5.41) is 3.22. The van der Waals surface area contributed by atoms with E-state index in [-0.39, 0.29) is 0 Å². The zero-order chi connectivity index (χ0) is 6.95. The summed E-state index contributed by atoms with van der Waals surface area (Å²) in [5.41, 5.74) is 4.67. The van der Waals surface area contributed by atoms with Gasteiger partial charge in [-0.05, 0) is 32.9 Å². The molecule has 0 aromatic heterocycles. The molecule has 1 saturated heterocycles. The van der Waals surface area contributed by atoms with Crippen molar-refractivity contribution in [3.63, 3.8) is 0 Å². The quantitative estimate of drug-likeness (QED) is 0.362. The number of rotatable bonds is 0. The minimum Gasteiger partial charge on any atom is -0.359 e. The van der Waals surface area contributed by atoms with E-state index in [1.165, 1.54) is 25.9 Å². The SMILES string of the molecule is C1CCNC1.CC#CN. The van der Waals surface area contributed by atoms with Gasteiger partial charge in [-0.25, -0.2) is 0 Å². The van der Waals surface area contributed by atoms with Gasteiger partial charge in [0, 0.05) is 6.04 Å². The second kappa shape index (κ2) is 7.32. The molecule has 1 rings (SSSR count). The van der Waals surface area contributed by atoms with Crippen LogP contribution in [0.5, 0.6) is 0 Å². The average Bonchev–Trinajstić information content (AvgIpc) is 2.43. The molecule has 1 heterocycles. The van der Waals surface area contributed by atoms with Crippen LogP contribution in [0.4, 0.5) is 0 Å². The highest BCUT2D eigenvalue weighted by Crippen LogP contribution is 1.90. The number of nitrogens with two attached hydrogens (primary N) is 1. The van der Waals surface area contributed by atoms with Crippen molar-refractivity contribution in [3.05, 3.63) is 0 Å². The molecule has 0 aromatic carbocycles. The minimum absolute atomic E-state index is 1.25. The van der Waals surface area contributed by atoms with Gasteiger partial charge in [0.1, 0.15) is 0 Å². The summed E-state index contributed by atoms with van der Waals surface area (Å²) >= 11 is 0. The van der Waals surface area contributed by atoms with Crippen LogP contribution in [0, 0.1) is 12.0 Å². The van der Waals surface area contributed by atoms with Crippen LogP contribution in [0.25, 0.3) is 0 Å². The molecule has 0 saturated carbocycles. The fourth-order valence-corrected chi connectivity index (χ4v) is 0.625. The van der Waals surface area contributed by atoms with E-state index in [4.69, 9.17) is 0 Å². The van der Waals surface area contributed by atoms with Crippen molar-refractivity contribution in [2.24, 2.45) is 5.73 Å². The molecular formula is C7H14N2. The fraction of sp³-hybridized carbons (Fsp3) is 0.714. The van der Waals surface area contributed by atoms with Crippen LogP contribution in [0.2, 0.25) is 0 Å². The molecule has 1 aliphatic heterocycles. The molecule has 0 unspecified atom stereocenters. The molecule has 1 aliphatic rings. The van der Waals surface area contributed by atoms with Crippen molar-refractivity contribution in [1.29, 1.82) is 0 Å². The first-order chi connectivity index (χ1) is 4.41. The molecule has 2 heteroatoms. The summed E-state index contributed by atoms with van der Waals surface area (Å²) in [4.78, 5) is 0. The predicted octanol–water partition coefficient (Wildman–Crippen LogP) is 0.296. The second-order valence-corrected chi connectivity index (χ2v) is 1.85. The van der Waals surface area contributed by atoms with Crippen molar-refractivity contribution in [2.45, 2.75) is 19.8 Å². The first-order valence-corrected chi connectivity index (χ1v) is 3.25. The third-order valence-electron chi connectivity index (χ3n) is 1.10. The van der Waals surface area contributed by atoms with Gasteiger partial charge in [-0.1, -0.05) is 5.92 Å².